The summed E-state index contributed by atoms with van der Waals surface area (Å²) < 4.78 is 15.3. The normalized spacial score (nSPS) is 16.3. The van der Waals surface area contributed by atoms with Crippen molar-refractivity contribution in [2.75, 3.05) is 7.11 Å². The molecule has 0 rings (SSSR count). The van der Waals surface area contributed by atoms with Crippen LogP contribution in [0.4, 0.5) is 0 Å². The smallest absolute Gasteiger partial charge is 0.0604 e. The van der Waals surface area contributed by atoms with Gasteiger partial charge >= 0.3 is 0 Å². The summed E-state index contributed by atoms with van der Waals surface area (Å²) in [5, 5.41) is 0. The second-order valence-electron chi connectivity index (χ2n) is 4.92. The lowest BCUT2D eigenvalue weighted by Crippen LogP contribution is -2.38. The lowest BCUT2D eigenvalue weighted by atomic mass is 10.2. The SMILES string of the molecule is COS(O)(C(C)(C)C)C(C)(C)C. The monoisotopic (exact) mass is 194 g/mol. The summed E-state index contributed by atoms with van der Waals surface area (Å²) in [6, 6.07) is 0. The summed E-state index contributed by atoms with van der Waals surface area (Å²) in [6.07, 6.45) is 0. The average Bonchev–Trinajstić information content (AvgIpc) is 1.81. The van der Waals surface area contributed by atoms with Crippen molar-refractivity contribution in [3.05, 3.63) is 0 Å². The van der Waals surface area contributed by atoms with Crippen molar-refractivity contribution < 1.29 is 8.74 Å². The van der Waals surface area contributed by atoms with Crippen molar-refractivity contribution in [1.29, 1.82) is 0 Å². The molecule has 0 radical (unpaired) electrons. The van der Waals surface area contributed by atoms with Crippen molar-refractivity contribution in [3.63, 3.8) is 0 Å². The van der Waals surface area contributed by atoms with Crippen LogP contribution in [0.3, 0.4) is 0 Å². The molecule has 0 saturated heterocycles. The van der Waals surface area contributed by atoms with Gasteiger partial charge in [-0.2, -0.15) is 10.6 Å². The number of hydrogen-bond acceptors (Lipinski definition) is 2. The van der Waals surface area contributed by atoms with Gasteiger partial charge in [-0.3, -0.25) is 8.74 Å². The first-order valence-electron chi connectivity index (χ1n) is 4.17. The van der Waals surface area contributed by atoms with Gasteiger partial charge in [0.15, 0.2) is 0 Å². The molecule has 0 aromatic rings. The zero-order chi connectivity index (χ0) is 10.2. The van der Waals surface area contributed by atoms with Crippen molar-refractivity contribution in [3.8, 4) is 0 Å². The Morgan fingerprint density at radius 1 is 0.917 bits per heavy atom. The average molecular weight is 194 g/mol. The van der Waals surface area contributed by atoms with Crippen LogP contribution in [-0.2, 0) is 4.18 Å². The van der Waals surface area contributed by atoms with E-state index < -0.39 is 10.6 Å². The Balaban J connectivity index is 4.95. The highest BCUT2D eigenvalue weighted by Crippen LogP contribution is 2.64. The van der Waals surface area contributed by atoms with Gasteiger partial charge in [0.05, 0.1) is 16.6 Å². The summed E-state index contributed by atoms with van der Waals surface area (Å²) >= 11 is 0. The Morgan fingerprint density at radius 3 is 1.17 bits per heavy atom. The predicted molar refractivity (Wildman–Crippen MR) is 56.7 cm³/mol. The van der Waals surface area contributed by atoms with E-state index in [1.54, 1.807) is 7.11 Å². The van der Waals surface area contributed by atoms with E-state index in [4.69, 9.17) is 4.18 Å². The minimum Gasteiger partial charge on any atom is -0.298 e. The van der Waals surface area contributed by atoms with Crippen molar-refractivity contribution in [2.24, 2.45) is 0 Å². The van der Waals surface area contributed by atoms with Crippen LogP contribution in [0, 0.1) is 0 Å². The fraction of sp³-hybridized carbons (Fsp3) is 1.00. The lowest BCUT2D eigenvalue weighted by molar-refractivity contribution is 0.349. The molecule has 0 aliphatic rings. The van der Waals surface area contributed by atoms with Gasteiger partial charge in [0, 0.05) is 0 Å². The highest BCUT2D eigenvalue weighted by Gasteiger charge is 2.41. The van der Waals surface area contributed by atoms with E-state index in [0.717, 1.165) is 0 Å². The Hall–Kier alpha value is 0.270. The molecule has 0 aliphatic carbocycles. The minimum absolute atomic E-state index is 0.194. The molecule has 0 unspecified atom stereocenters. The van der Waals surface area contributed by atoms with Crippen LogP contribution in [-0.4, -0.2) is 21.2 Å². The maximum absolute atomic E-state index is 10.4. The zero-order valence-electron chi connectivity index (χ0n) is 9.26. The fourth-order valence-electron chi connectivity index (χ4n) is 1.42. The Morgan fingerprint density at radius 2 is 1.17 bits per heavy atom. The predicted octanol–water partition coefficient (Wildman–Crippen LogP) is 3.42. The summed E-state index contributed by atoms with van der Waals surface area (Å²) in [5.41, 5.74) is 0. The molecule has 0 aromatic heterocycles. The van der Waals surface area contributed by atoms with Crippen LogP contribution in [0.2, 0.25) is 0 Å². The molecule has 0 fully saturated rings. The summed E-state index contributed by atoms with van der Waals surface area (Å²) in [4.78, 5) is 0. The van der Waals surface area contributed by atoms with Gasteiger partial charge in [-0.05, 0) is 41.5 Å². The third kappa shape index (κ3) is 1.95. The molecule has 0 atom stereocenters. The maximum atomic E-state index is 10.4. The molecule has 0 aliphatic heterocycles. The van der Waals surface area contributed by atoms with Crippen molar-refractivity contribution in [1.82, 2.24) is 0 Å². The van der Waals surface area contributed by atoms with E-state index in [0.29, 0.717) is 0 Å². The number of hydrogen-bond donors (Lipinski definition) is 1. The Kier molecular flexibility index (Phi) is 3.27. The van der Waals surface area contributed by atoms with Crippen LogP contribution in [0.1, 0.15) is 41.5 Å². The first-order valence-corrected chi connectivity index (χ1v) is 5.68. The van der Waals surface area contributed by atoms with Gasteiger partial charge in [-0.15, -0.1) is 0 Å². The number of rotatable bonds is 1. The fourth-order valence-corrected chi connectivity index (χ4v) is 4.26. The summed E-state index contributed by atoms with van der Waals surface area (Å²) in [5.74, 6) is 0. The summed E-state index contributed by atoms with van der Waals surface area (Å²) in [6.45, 7) is 12.1. The Labute approximate surface area is 78.0 Å². The lowest BCUT2D eigenvalue weighted by Gasteiger charge is -2.56. The summed E-state index contributed by atoms with van der Waals surface area (Å²) in [7, 11) is -0.420. The molecule has 0 saturated carbocycles. The topological polar surface area (TPSA) is 29.5 Å². The van der Waals surface area contributed by atoms with Gasteiger partial charge in [0.2, 0.25) is 0 Å². The molecule has 0 aromatic carbocycles. The molecule has 0 spiro atoms. The van der Waals surface area contributed by atoms with Gasteiger partial charge in [0.1, 0.15) is 0 Å². The van der Waals surface area contributed by atoms with E-state index >= 15 is 0 Å². The van der Waals surface area contributed by atoms with E-state index in [-0.39, 0.29) is 9.49 Å². The second kappa shape index (κ2) is 3.20. The third-order valence-electron chi connectivity index (χ3n) is 1.90. The molecular weight excluding hydrogens is 172 g/mol. The molecule has 76 valence electrons. The third-order valence-corrected chi connectivity index (χ3v) is 5.70. The molecule has 0 amide bonds. The standard InChI is InChI=1S/C9H22O2S/c1-8(2,3)12(10,11-7)9(4,5)6/h10H,1-7H3. The molecule has 1 N–H and O–H groups in total. The van der Waals surface area contributed by atoms with E-state index in [9.17, 15) is 4.55 Å². The van der Waals surface area contributed by atoms with Gasteiger partial charge < -0.3 is 0 Å². The van der Waals surface area contributed by atoms with Gasteiger partial charge in [0.25, 0.3) is 0 Å². The van der Waals surface area contributed by atoms with E-state index in [1.165, 1.54) is 0 Å². The van der Waals surface area contributed by atoms with Crippen molar-refractivity contribution in [2.45, 2.75) is 51.0 Å². The first-order chi connectivity index (χ1) is 5.06. The van der Waals surface area contributed by atoms with Crippen molar-refractivity contribution >= 4 is 10.6 Å². The van der Waals surface area contributed by atoms with Crippen LogP contribution in [0.25, 0.3) is 0 Å². The highest BCUT2D eigenvalue weighted by atomic mass is 32.3. The first kappa shape index (κ1) is 12.3. The molecule has 2 nitrogen and oxygen atoms in total. The van der Waals surface area contributed by atoms with Crippen LogP contribution in [0.5, 0.6) is 0 Å². The molecule has 3 heteroatoms. The van der Waals surface area contributed by atoms with E-state index in [1.807, 2.05) is 41.5 Å². The molecule has 12 heavy (non-hydrogen) atoms. The largest absolute Gasteiger partial charge is 0.298 e. The van der Waals surface area contributed by atoms with E-state index in [2.05, 4.69) is 0 Å². The van der Waals surface area contributed by atoms with Crippen LogP contribution < -0.4 is 0 Å². The molecule has 0 heterocycles. The van der Waals surface area contributed by atoms with Crippen LogP contribution in [0.15, 0.2) is 0 Å². The quantitative estimate of drug-likeness (QED) is 0.693. The second-order valence-corrected chi connectivity index (χ2v) is 8.75. The molecule has 0 bridgehead atoms. The van der Waals surface area contributed by atoms with Gasteiger partial charge in [-0.25, -0.2) is 0 Å². The van der Waals surface area contributed by atoms with Crippen LogP contribution >= 0.6 is 10.6 Å². The molecular formula is C9H22O2S. The maximum Gasteiger partial charge on any atom is 0.0604 e. The highest BCUT2D eigenvalue weighted by molar-refractivity contribution is 8.27. The zero-order valence-corrected chi connectivity index (χ0v) is 10.1. The Bertz CT molecular complexity index is 139. The minimum atomic E-state index is -2.01. The van der Waals surface area contributed by atoms with Gasteiger partial charge in [-0.1, -0.05) is 0 Å².